The van der Waals surface area contributed by atoms with E-state index in [1.54, 1.807) is 0 Å². The Morgan fingerprint density at radius 3 is 2.69 bits per heavy atom. The summed E-state index contributed by atoms with van der Waals surface area (Å²) in [5.74, 6) is -0.199. The van der Waals surface area contributed by atoms with E-state index >= 15 is 0 Å². The van der Waals surface area contributed by atoms with Gasteiger partial charge in [-0.3, -0.25) is 4.79 Å². The van der Waals surface area contributed by atoms with Crippen molar-refractivity contribution >= 4 is 5.78 Å². The highest BCUT2D eigenvalue weighted by Crippen LogP contribution is 2.70. The molecule has 0 bridgehead atoms. The molecule has 4 nitrogen and oxygen atoms in total. The quantitative estimate of drug-likeness (QED) is 0.577. The lowest BCUT2D eigenvalue weighted by atomic mass is 9.66. The summed E-state index contributed by atoms with van der Waals surface area (Å²) in [6, 6.07) is 0. The van der Waals surface area contributed by atoms with Gasteiger partial charge in [-0.2, -0.15) is 0 Å². The van der Waals surface area contributed by atoms with Crippen molar-refractivity contribution in [2.24, 2.45) is 5.41 Å². The van der Waals surface area contributed by atoms with E-state index in [0.29, 0.717) is 19.6 Å². The standard InChI is InChI=1S/C12H16O4/c1-10-3-2-8(13)9-11(10,16-9)4-5-12(10)14-6-7-15-12/h9H,2-7H2,1H3/t9-,10+,11-/m1/s1. The smallest absolute Gasteiger partial charge is 0.176 e. The van der Waals surface area contributed by atoms with Crippen LogP contribution in [0.4, 0.5) is 0 Å². The first-order valence-corrected chi connectivity index (χ1v) is 6.12. The zero-order valence-electron chi connectivity index (χ0n) is 9.45. The van der Waals surface area contributed by atoms with E-state index in [2.05, 4.69) is 6.92 Å². The summed E-state index contributed by atoms with van der Waals surface area (Å²) in [6.07, 6.45) is 3.05. The Morgan fingerprint density at radius 1 is 1.19 bits per heavy atom. The summed E-state index contributed by atoms with van der Waals surface area (Å²) in [5, 5.41) is 0. The van der Waals surface area contributed by atoms with Crippen LogP contribution in [0, 0.1) is 5.41 Å². The fourth-order valence-corrected chi connectivity index (χ4v) is 4.16. The van der Waals surface area contributed by atoms with Gasteiger partial charge >= 0.3 is 0 Å². The highest BCUT2D eigenvalue weighted by molar-refractivity contribution is 5.89. The number of Topliss-reactive ketones (excluding diaryl/α,β-unsaturated/α-hetero) is 1. The summed E-state index contributed by atoms with van der Waals surface area (Å²) in [4.78, 5) is 11.7. The first-order chi connectivity index (χ1) is 7.64. The summed E-state index contributed by atoms with van der Waals surface area (Å²) in [7, 11) is 0. The first-order valence-electron chi connectivity index (χ1n) is 6.12. The molecule has 0 radical (unpaired) electrons. The largest absolute Gasteiger partial charge is 0.357 e. The molecule has 0 aromatic carbocycles. The molecule has 16 heavy (non-hydrogen) atoms. The van der Waals surface area contributed by atoms with E-state index in [1.807, 2.05) is 0 Å². The van der Waals surface area contributed by atoms with Crippen LogP contribution in [-0.2, 0) is 19.0 Å². The molecule has 0 aromatic rings. The number of carbonyl (C=O) groups is 1. The van der Waals surface area contributed by atoms with E-state index in [-0.39, 0.29) is 22.9 Å². The molecule has 4 rings (SSSR count). The lowest BCUT2D eigenvalue weighted by Gasteiger charge is -2.42. The van der Waals surface area contributed by atoms with Gasteiger partial charge in [-0.15, -0.1) is 0 Å². The van der Waals surface area contributed by atoms with Crippen LogP contribution in [0.1, 0.15) is 32.6 Å². The lowest BCUT2D eigenvalue weighted by Crippen LogP contribution is -2.53. The summed E-state index contributed by atoms with van der Waals surface area (Å²) < 4.78 is 17.6. The van der Waals surface area contributed by atoms with Crippen LogP contribution in [0.5, 0.6) is 0 Å². The molecule has 2 aliphatic heterocycles. The SMILES string of the molecule is C[C@]12CCC(=O)[C@H]3O[C@]31CCC21OCCO1. The van der Waals surface area contributed by atoms with E-state index in [1.165, 1.54) is 0 Å². The van der Waals surface area contributed by atoms with Crippen LogP contribution in [0.15, 0.2) is 0 Å². The van der Waals surface area contributed by atoms with Crippen LogP contribution in [0.2, 0.25) is 0 Å². The van der Waals surface area contributed by atoms with E-state index in [4.69, 9.17) is 14.2 Å². The Morgan fingerprint density at radius 2 is 1.94 bits per heavy atom. The monoisotopic (exact) mass is 224 g/mol. The van der Waals surface area contributed by atoms with Crippen LogP contribution >= 0.6 is 0 Å². The highest BCUT2D eigenvalue weighted by atomic mass is 16.7. The minimum Gasteiger partial charge on any atom is -0.357 e. The number of hydrogen-bond acceptors (Lipinski definition) is 4. The van der Waals surface area contributed by atoms with Gasteiger partial charge in [0.25, 0.3) is 0 Å². The van der Waals surface area contributed by atoms with Crippen molar-refractivity contribution in [2.75, 3.05) is 13.2 Å². The predicted molar refractivity (Wildman–Crippen MR) is 53.8 cm³/mol. The minimum absolute atomic E-state index is 0.130. The van der Waals surface area contributed by atoms with Crippen LogP contribution in [0.3, 0.4) is 0 Å². The molecule has 2 spiro atoms. The van der Waals surface area contributed by atoms with Crippen molar-refractivity contribution in [3.8, 4) is 0 Å². The molecule has 0 unspecified atom stereocenters. The number of ether oxygens (including phenoxy) is 3. The first kappa shape index (κ1) is 9.57. The molecule has 0 amide bonds. The van der Waals surface area contributed by atoms with Gasteiger partial charge in [0.15, 0.2) is 11.6 Å². The molecule has 4 fully saturated rings. The van der Waals surface area contributed by atoms with Gasteiger partial charge in [0.05, 0.1) is 18.6 Å². The van der Waals surface area contributed by atoms with Gasteiger partial charge in [0, 0.05) is 12.8 Å². The topological polar surface area (TPSA) is 48.1 Å². The Balaban J connectivity index is 1.79. The minimum atomic E-state index is -0.470. The normalized spacial score (nSPS) is 52.8. The third-order valence-electron chi connectivity index (χ3n) is 5.21. The third-order valence-corrected chi connectivity index (χ3v) is 5.21. The fraction of sp³-hybridized carbons (Fsp3) is 0.917. The molecule has 4 aliphatic rings. The van der Waals surface area contributed by atoms with E-state index in [9.17, 15) is 4.79 Å². The van der Waals surface area contributed by atoms with Gasteiger partial charge in [0.2, 0.25) is 0 Å². The zero-order valence-corrected chi connectivity index (χ0v) is 9.45. The van der Waals surface area contributed by atoms with Crippen molar-refractivity contribution in [3.63, 3.8) is 0 Å². The van der Waals surface area contributed by atoms with Gasteiger partial charge in [-0.25, -0.2) is 0 Å². The molecular formula is C12H16O4. The van der Waals surface area contributed by atoms with Crippen LogP contribution in [-0.4, -0.2) is 36.5 Å². The number of ketones is 1. The second kappa shape index (κ2) is 2.52. The average molecular weight is 224 g/mol. The van der Waals surface area contributed by atoms with Crippen molar-refractivity contribution in [3.05, 3.63) is 0 Å². The van der Waals surface area contributed by atoms with E-state index in [0.717, 1.165) is 19.3 Å². The second-order valence-corrected chi connectivity index (χ2v) is 5.64. The summed E-state index contributed by atoms with van der Waals surface area (Å²) in [6.45, 7) is 3.52. The summed E-state index contributed by atoms with van der Waals surface area (Å²) in [5.41, 5.74) is -0.387. The Hall–Kier alpha value is -0.450. The molecule has 2 aliphatic carbocycles. The molecule has 88 valence electrons. The zero-order chi connectivity index (χ0) is 11.0. The van der Waals surface area contributed by atoms with E-state index < -0.39 is 5.79 Å². The Bertz CT molecular complexity index is 373. The van der Waals surface area contributed by atoms with Gasteiger partial charge in [-0.1, -0.05) is 6.92 Å². The number of rotatable bonds is 0. The summed E-state index contributed by atoms with van der Waals surface area (Å²) >= 11 is 0. The molecule has 4 heteroatoms. The molecule has 2 saturated carbocycles. The maximum Gasteiger partial charge on any atom is 0.176 e. The molecule has 0 aromatic heterocycles. The number of epoxide rings is 1. The van der Waals surface area contributed by atoms with Gasteiger partial charge in [0.1, 0.15) is 11.7 Å². The highest BCUT2D eigenvalue weighted by Gasteiger charge is 2.81. The Kier molecular flexibility index (Phi) is 1.51. The molecular weight excluding hydrogens is 208 g/mol. The second-order valence-electron chi connectivity index (χ2n) is 5.64. The number of hydrogen-bond donors (Lipinski definition) is 0. The average Bonchev–Trinajstić information content (AvgIpc) is 2.76. The third kappa shape index (κ3) is 0.773. The van der Waals surface area contributed by atoms with Gasteiger partial charge in [-0.05, 0) is 12.8 Å². The number of carbonyl (C=O) groups excluding carboxylic acids is 1. The van der Waals surface area contributed by atoms with Crippen LogP contribution < -0.4 is 0 Å². The molecule has 0 N–H and O–H groups in total. The molecule has 2 heterocycles. The van der Waals surface area contributed by atoms with Crippen molar-refractivity contribution in [1.29, 1.82) is 0 Å². The van der Waals surface area contributed by atoms with Crippen LogP contribution in [0.25, 0.3) is 0 Å². The van der Waals surface area contributed by atoms with Crippen molar-refractivity contribution in [1.82, 2.24) is 0 Å². The van der Waals surface area contributed by atoms with Crippen molar-refractivity contribution < 1.29 is 19.0 Å². The van der Waals surface area contributed by atoms with Gasteiger partial charge < -0.3 is 14.2 Å². The molecule has 2 saturated heterocycles. The predicted octanol–water partition coefficient (Wildman–Crippen LogP) is 1.03. The van der Waals surface area contributed by atoms with Crippen molar-refractivity contribution in [2.45, 2.75) is 50.1 Å². The molecule has 3 atom stereocenters. The Labute approximate surface area is 94.2 Å². The fourth-order valence-electron chi connectivity index (χ4n) is 4.16. The maximum absolute atomic E-state index is 11.7. The maximum atomic E-state index is 11.7. The lowest BCUT2D eigenvalue weighted by molar-refractivity contribution is -0.229. The number of fused-ring (bicyclic) bond motifs is 1.